The number of nitrogens with one attached hydrogen (secondary N) is 2. The second-order valence-corrected chi connectivity index (χ2v) is 7.04. The van der Waals surface area contributed by atoms with Crippen LogP contribution in [0.1, 0.15) is 45.4 Å². The van der Waals surface area contributed by atoms with Gasteiger partial charge in [0.2, 0.25) is 0 Å². The quantitative estimate of drug-likeness (QED) is 0.755. The molecule has 3 heteroatoms. The fourth-order valence-electron chi connectivity index (χ4n) is 5.00. The maximum absolute atomic E-state index is 5.29. The van der Waals surface area contributed by atoms with Crippen LogP contribution in [0.2, 0.25) is 0 Å². The van der Waals surface area contributed by atoms with E-state index < -0.39 is 0 Å². The molecule has 0 heterocycles. The van der Waals surface area contributed by atoms with Gasteiger partial charge in [0.1, 0.15) is 0 Å². The maximum Gasteiger partial charge on any atom is 0.166 e. The first-order chi connectivity index (χ1) is 8.19. The van der Waals surface area contributed by atoms with Crippen molar-refractivity contribution in [1.82, 2.24) is 10.6 Å². The van der Waals surface area contributed by atoms with E-state index in [1.807, 2.05) is 0 Å². The van der Waals surface area contributed by atoms with Crippen molar-refractivity contribution >= 4 is 17.3 Å². The lowest BCUT2D eigenvalue weighted by molar-refractivity contribution is -0.0491. The summed E-state index contributed by atoms with van der Waals surface area (Å²) in [7, 11) is 0. The molecule has 0 radical (unpaired) electrons. The Morgan fingerprint density at radius 2 is 1.59 bits per heavy atom. The Labute approximate surface area is 110 Å². The van der Waals surface area contributed by atoms with Gasteiger partial charge < -0.3 is 10.6 Å². The molecule has 0 spiro atoms. The van der Waals surface area contributed by atoms with Gasteiger partial charge in [-0.2, -0.15) is 0 Å². The lowest BCUT2D eigenvalue weighted by Crippen LogP contribution is -2.52. The van der Waals surface area contributed by atoms with Crippen LogP contribution in [0, 0.1) is 23.2 Å². The van der Waals surface area contributed by atoms with E-state index in [0.717, 1.165) is 36.0 Å². The minimum absolute atomic E-state index is 0.591. The third-order valence-corrected chi connectivity index (χ3v) is 5.42. The van der Waals surface area contributed by atoms with E-state index in [0.29, 0.717) is 5.41 Å². The van der Waals surface area contributed by atoms with Crippen molar-refractivity contribution in [2.24, 2.45) is 23.2 Å². The summed E-state index contributed by atoms with van der Waals surface area (Å²) < 4.78 is 0. The van der Waals surface area contributed by atoms with E-state index >= 15 is 0 Å². The summed E-state index contributed by atoms with van der Waals surface area (Å²) in [5.41, 5.74) is 0.591. The molecular weight excluding hydrogens is 228 g/mol. The molecule has 0 atom stereocenters. The molecule has 0 aromatic heterocycles. The molecule has 4 saturated carbocycles. The van der Waals surface area contributed by atoms with Gasteiger partial charge in [-0.05, 0) is 80.8 Å². The van der Waals surface area contributed by atoms with Crippen LogP contribution in [-0.4, -0.2) is 18.2 Å². The summed E-state index contributed by atoms with van der Waals surface area (Å²) in [6.45, 7) is 4.13. The SMILES string of the molecule is CCNC(=S)NCC12CC3CC(CC(C3)C1)C2. The lowest BCUT2D eigenvalue weighted by atomic mass is 9.49. The largest absolute Gasteiger partial charge is 0.363 e. The van der Waals surface area contributed by atoms with Crippen LogP contribution in [0.5, 0.6) is 0 Å². The summed E-state index contributed by atoms with van der Waals surface area (Å²) in [5, 5.41) is 7.51. The molecule has 0 aromatic rings. The molecule has 0 aliphatic heterocycles. The molecule has 4 fully saturated rings. The highest BCUT2D eigenvalue weighted by Gasteiger charge is 2.50. The van der Waals surface area contributed by atoms with Gasteiger partial charge in [0.15, 0.2) is 5.11 Å². The van der Waals surface area contributed by atoms with Crippen LogP contribution in [-0.2, 0) is 0 Å². The van der Waals surface area contributed by atoms with E-state index in [1.54, 1.807) is 0 Å². The van der Waals surface area contributed by atoms with Crippen LogP contribution in [0.4, 0.5) is 0 Å². The van der Waals surface area contributed by atoms with Gasteiger partial charge in [-0.15, -0.1) is 0 Å². The van der Waals surface area contributed by atoms with Gasteiger partial charge >= 0.3 is 0 Å². The first-order valence-electron chi connectivity index (χ1n) is 7.21. The average molecular weight is 252 g/mol. The predicted octanol–water partition coefficient (Wildman–Crippen LogP) is 2.69. The fraction of sp³-hybridized carbons (Fsp3) is 0.929. The van der Waals surface area contributed by atoms with E-state index in [2.05, 4.69) is 17.6 Å². The summed E-state index contributed by atoms with van der Waals surface area (Å²) in [4.78, 5) is 0. The van der Waals surface area contributed by atoms with Crippen molar-refractivity contribution < 1.29 is 0 Å². The summed E-state index contributed by atoms with van der Waals surface area (Å²) in [5.74, 6) is 3.11. The summed E-state index contributed by atoms with van der Waals surface area (Å²) in [6, 6.07) is 0. The molecule has 2 N–H and O–H groups in total. The standard InChI is InChI=1S/C14H24N2S/c1-2-15-13(17)16-9-14-6-10-3-11(7-14)5-12(4-10)8-14/h10-12H,2-9H2,1H3,(H2,15,16,17). The van der Waals surface area contributed by atoms with Crippen molar-refractivity contribution in [3.05, 3.63) is 0 Å². The van der Waals surface area contributed by atoms with Crippen molar-refractivity contribution in [3.63, 3.8) is 0 Å². The predicted molar refractivity (Wildman–Crippen MR) is 74.9 cm³/mol. The van der Waals surface area contributed by atoms with E-state index in [9.17, 15) is 0 Å². The van der Waals surface area contributed by atoms with Gasteiger partial charge in [-0.25, -0.2) is 0 Å². The van der Waals surface area contributed by atoms with Crippen molar-refractivity contribution in [3.8, 4) is 0 Å². The van der Waals surface area contributed by atoms with Gasteiger partial charge in [0, 0.05) is 13.1 Å². The van der Waals surface area contributed by atoms with Gasteiger partial charge in [-0.1, -0.05) is 0 Å². The van der Waals surface area contributed by atoms with E-state index in [-0.39, 0.29) is 0 Å². The Hall–Kier alpha value is -0.310. The minimum atomic E-state index is 0.591. The van der Waals surface area contributed by atoms with Crippen LogP contribution >= 0.6 is 12.2 Å². The zero-order valence-electron chi connectivity index (χ0n) is 10.8. The molecule has 17 heavy (non-hydrogen) atoms. The highest BCUT2D eigenvalue weighted by atomic mass is 32.1. The van der Waals surface area contributed by atoms with Crippen molar-refractivity contribution in [1.29, 1.82) is 0 Å². The van der Waals surface area contributed by atoms with E-state index in [1.165, 1.54) is 38.5 Å². The smallest absolute Gasteiger partial charge is 0.166 e. The van der Waals surface area contributed by atoms with E-state index in [4.69, 9.17) is 12.2 Å². The molecule has 4 aliphatic carbocycles. The highest BCUT2D eigenvalue weighted by Crippen LogP contribution is 2.59. The van der Waals surface area contributed by atoms with Crippen molar-refractivity contribution in [2.45, 2.75) is 45.4 Å². The van der Waals surface area contributed by atoms with Crippen molar-refractivity contribution in [2.75, 3.05) is 13.1 Å². The Morgan fingerprint density at radius 1 is 1.06 bits per heavy atom. The fourth-order valence-corrected chi connectivity index (χ4v) is 5.21. The second kappa shape index (κ2) is 4.42. The third kappa shape index (κ3) is 2.31. The number of rotatable bonds is 3. The number of hydrogen-bond donors (Lipinski definition) is 2. The highest BCUT2D eigenvalue weighted by molar-refractivity contribution is 7.80. The Morgan fingerprint density at radius 3 is 2.06 bits per heavy atom. The monoisotopic (exact) mass is 252 g/mol. The van der Waals surface area contributed by atoms with Crippen LogP contribution in [0.25, 0.3) is 0 Å². The molecule has 0 amide bonds. The Balaban J connectivity index is 1.60. The molecule has 4 rings (SSSR count). The zero-order chi connectivity index (χ0) is 11.9. The molecule has 96 valence electrons. The normalized spacial score (nSPS) is 42.5. The summed E-state index contributed by atoms with van der Waals surface area (Å²) in [6.07, 6.45) is 8.95. The van der Waals surface area contributed by atoms with Crippen LogP contribution in [0.15, 0.2) is 0 Å². The lowest BCUT2D eigenvalue weighted by Gasteiger charge is -2.57. The topological polar surface area (TPSA) is 24.1 Å². The average Bonchev–Trinajstić information content (AvgIpc) is 2.25. The molecule has 4 bridgehead atoms. The minimum Gasteiger partial charge on any atom is -0.363 e. The molecule has 0 aromatic carbocycles. The van der Waals surface area contributed by atoms with Gasteiger partial charge in [0.25, 0.3) is 0 Å². The summed E-state index contributed by atoms with van der Waals surface area (Å²) >= 11 is 5.29. The molecule has 4 aliphatic rings. The molecule has 2 nitrogen and oxygen atoms in total. The Bertz CT molecular complexity index is 278. The first kappa shape index (κ1) is 11.8. The number of hydrogen-bond acceptors (Lipinski definition) is 1. The van der Waals surface area contributed by atoms with Gasteiger partial charge in [-0.3, -0.25) is 0 Å². The Kier molecular flexibility index (Phi) is 3.06. The van der Waals surface area contributed by atoms with Gasteiger partial charge in [0.05, 0.1) is 0 Å². The number of thiocarbonyl (C=S) groups is 1. The van der Waals surface area contributed by atoms with Crippen LogP contribution < -0.4 is 10.6 Å². The van der Waals surface area contributed by atoms with Crippen LogP contribution in [0.3, 0.4) is 0 Å². The maximum atomic E-state index is 5.29. The first-order valence-corrected chi connectivity index (χ1v) is 7.62. The zero-order valence-corrected chi connectivity index (χ0v) is 11.6. The molecular formula is C14H24N2S. The second-order valence-electron chi connectivity index (χ2n) is 6.63. The third-order valence-electron chi connectivity index (χ3n) is 5.13. The molecule has 0 unspecified atom stereocenters. The molecule has 0 saturated heterocycles.